The maximum atomic E-state index is 9.06. The first-order valence-corrected chi connectivity index (χ1v) is 6.27. The minimum absolute atomic E-state index is 0.385. The Bertz CT molecular complexity index is 421. The number of pyridine rings is 1. The summed E-state index contributed by atoms with van der Waals surface area (Å²) in [4.78, 5) is 4.29. The number of rotatable bonds is 0. The Kier molecular flexibility index (Phi) is 3.79. The molecule has 0 atom stereocenters. The maximum Gasteiger partial charge on any atom is 0.147 e. The molecule has 0 amide bonds. The van der Waals surface area contributed by atoms with E-state index in [1.54, 1.807) is 0 Å². The van der Waals surface area contributed by atoms with Crippen LogP contribution in [0.5, 0.6) is 0 Å². The molecule has 0 aliphatic heterocycles. The fraction of sp³-hybridized carbons (Fsp3) is 0.538. The van der Waals surface area contributed by atoms with Gasteiger partial charge in [0, 0.05) is 5.69 Å². The molecular weight excluding hydrogens is 220 g/mol. The van der Waals surface area contributed by atoms with Gasteiger partial charge in [-0.25, -0.2) is 4.98 Å². The first kappa shape index (κ1) is 11.4. The van der Waals surface area contributed by atoms with E-state index in [1.165, 1.54) is 25.7 Å². The number of aromatic nitrogens is 1. The molecule has 0 N–H and O–H groups in total. The van der Waals surface area contributed by atoms with E-state index in [0.29, 0.717) is 10.7 Å². The quantitative estimate of drug-likeness (QED) is 0.643. The molecule has 1 aromatic heterocycles. The molecule has 2 nitrogen and oxygen atoms in total. The zero-order valence-electron chi connectivity index (χ0n) is 9.30. The number of nitrogens with zero attached hydrogens (tertiary/aromatic N) is 2. The summed E-state index contributed by atoms with van der Waals surface area (Å²) in [6.07, 6.45) is 8.08. The highest BCUT2D eigenvalue weighted by atomic mass is 35.5. The van der Waals surface area contributed by atoms with E-state index in [9.17, 15) is 0 Å². The van der Waals surface area contributed by atoms with Crippen molar-refractivity contribution < 1.29 is 0 Å². The van der Waals surface area contributed by atoms with Crippen LogP contribution in [0.4, 0.5) is 0 Å². The topological polar surface area (TPSA) is 36.7 Å². The Balaban J connectivity index is 2.37. The van der Waals surface area contributed by atoms with Gasteiger partial charge in [0.25, 0.3) is 0 Å². The Hall–Kier alpha value is -1.07. The lowest BCUT2D eigenvalue weighted by molar-refractivity contribution is 0.602. The summed E-state index contributed by atoms with van der Waals surface area (Å²) in [5.41, 5.74) is 2.70. The van der Waals surface area contributed by atoms with Crippen LogP contribution >= 0.6 is 11.6 Å². The second-order valence-corrected chi connectivity index (χ2v) is 4.68. The third kappa shape index (κ3) is 2.54. The smallest absolute Gasteiger partial charge is 0.147 e. The van der Waals surface area contributed by atoms with Gasteiger partial charge in [-0.2, -0.15) is 5.26 Å². The molecule has 2 bridgehead atoms. The van der Waals surface area contributed by atoms with Crippen molar-refractivity contribution in [3.8, 4) is 6.07 Å². The maximum absolute atomic E-state index is 9.06. The lowest BCUT2D eigenvalue weighted by atomic mass is 9.98. The van der Waals surface area contributed by atoms with Gasteiger partial charge < -0.3 is 0 Å². The Labute approximate surface area is 101 Å². The Morgan fingerprint density at radius 1 is 1.12 bits per heavy atom. The predicted molar refractivity (Wildman–Crippen MR) is 64.5 cm³/mol. The number of nitriles is 1. The molecule has 2 rings (SSSR count). The van der Waals surface area contributed by atoms with Crippen LogP contribution in [0, 0.1) is 11.3 Å². The van der Waals surface area contributed by atoms with E-state index >= 15 is 0 Å². The van der Waals surface area contributed by atoms with Gasteiger partial charge in [-0.3, -0.25) is 0 Å². The fourth-order valence-corrected chi connectivity index (χ4v) is 2.49. The minimum Gasteiger partial charge on any atom is -0.240 e. The van der Waals surface area contributed by atoms with Crippen LogP contribution in [0.25, 0.3) is 0 Å². The SMILES string of the molecule is N#Cc1c2cc(nc1Cl)CCCCCCC2. The molecule has 0 aromatic carbocycles. The van der Waals surface area contributed by atoms with Crippen molar-refractivity contribution in [2.45, 2.75) is 44.9 Å². The second-order valence-electron chi connectivity index (χ2n) is 4.32. The van der Waals surface area contributed by atoms with Gasteiger partial charge in [0.15, 0.2) is 0 Å². The number of halogens is 1. The lowest BCUT2D eigenvalue weighted by Crippen LogP contribution is -2.01. The average Bonchev–Trinajstić information content (AvgIpc) is 2.27. The summed E-state index contributed by atoms with van der Waals surface area (Å²) in [5.74, 6) is 0. The number of aryl methyl sites for hydroxylation is 2. The lowest BCUT2D eigenvalue weighted by Gasteiger charge is -2.11. The monoisotopic (exact) mass is 234 g/mol. The standard InChI is InChI=1S/C13H15ClN2/c14-13-12(9-15)10-6-4-2-1-3-5-7-11(8-10)16-13/h8H,1-7H2. The molecule has 0 saturated heterocycles. The molecule has 1 aliphatic rings. The van der Waals surface area contributed by atoms with Crippen LogP contribution in [-0.4, -0.2) is 4.98 Å². The van der Waals surface area contributed by atoms with E-state index in [1.807, 2.05) is 0 Å². The summed E-state index contributed by atoms with van der Waals surface area (Å²) in [6, 6.07) is 4.23. The Morgan fingerprint density at radius 2 is 1.81 bits per heavy atom. The summed E-state index contributed by atoms with van der Waals surface area (Å²) in [5, 5.41) is 9.44. The zero-order valence-corrected chi connectivity index (χ0v) is 10.1. The molecule has 1 heterocycles. The Morgan fingerprint density at radius 3 is 2.56 bits per heavy atom. The van der Waals surface area contributed by atoms with Crippen LogP contribution in [0.3, 0.4) is 0 Å². The molecule has 0 saturated carbocycles. The van der Waals surface area contributed by atoms with Crippen molar-refractivity contribution in [3.05, 3.63) is 28.0 Å². The molecule has 0 spiro atoms. The van der Waals surface area contributed by atoms with E-state index < -0.39 is 0 Å². The van der Waals surface area contributed by atoms with Crippen LogP contribution in [0.1, 0.15) is 48.9 Å². The summed E-state index contributed by atoms with van der Waals surface area (Å²) in [7, 11) is 0. The fourth-order valence-electron chi connectivity index (χ4n) is 2.22. The number of hydrogen-bond donors (Lipinski definition) is 0. The summed E-state index contributed by atoms with van der Waals surface area (Å²) >= 11 is 6.03. The normalized spacial score (nSPS) is 16.5. The van der Waals surface area contributed by atoms with Crippen molar-refractivity contribution in [2.75, 3.05) is 0 Å². The number of hydrogen-bond acceptors (Lipinski definition) is 2. The van der Waals surface area contributed by atoms with Crippen LogP contribution in [0.2, 0.25) is 5.15 Å². The molecular formula is C13H15ClN2. The van der Waals surface area contributed by atoms with Crippen molar-refractivity contribution in [2.24, 2.45) is 0 Å². The van der Waals surface area contributed by atoms with Crippen LogP contribution in [-0.2, 0) is 12.8 Å². The average molecular weight is 235 g/mol. The van der Waals surface area contributed by atoms with Crippen LogP contribution < -0.4 is 0 Å². The molecule has 1 aliphatic carbocycles. The third-order valence-corrected chi connectivity index (χ3v) is 3.37. The molecule has 3 heteroatoms. The second kappa shape index (κ2) is 5.32. The van der Waals surface area contributed by atoms with Gasteiger partial charge in [-0.15, -0.1) is 0 Å². The van der Waals surface area contributed by atoms with Crippen molar-refractivity contribution in [1.29, 1.82) is 5.26 Å². The van der Waals surface area contributed by atoms with E-state index in [0.717, 1.165) is 30.5 Å². The largest absolute Gasteiger partial charge is 0.240 e. The van der Waals surface area contributed by atoms with Crippen molar-refractivity contribution in [3.63, 3.8) is 0 Å². The summed E-state index contributed by atoms with van der Waals surface area (Å²) in [6.45, 7) is 0. The van der Waals surface area contributed by atoms with Gasteiger partial charge in [0.05, 0.1) is 5.56 Å². The highest BCUT2D eigenvalue weighted by Crippen LogP contribution is 2.23. The highest BCUT2D eigenvalue weighted by molar-refractivity contribution is 6.30. The minimum atomic E-state index is 0.385. The van der Waals surface area contributed by atoms with Crippen LogP contribution in [0.15, 0.2) is 6.07 Å². The highest BCUT2D eigenvalue weighted by Gasteiger charge is 2.11. The number of fused-ring (bicyclic) bond motifs is 2. The van der Waals surface area contributed by atoms with Gasteiger partial charge in [-0.1, -0.05) is 30.9 Å². The molecule has 0 fully saturated rings. The van der Waals surface area contributed by atoms with E-state index in [-0.39, 0.29) is 0 Å². The third-order valence-electron chi connectivity index (χ3n) is 3.10. The first-order chi connectivity index (χ1) is 7.81. The van der Waals surface area contributed by atoms with E-state index in [4.69, 9.17) is 16.9 Å². The molecule has 0 unspecified atom stereocenters. The van der Waals surface area contributed by atoms with Gasteiger partial charge in [0.2, 0.25) is 0 Å². The summed E-state index contributed by atoms with van der Waals surface area (Å²) < 4.78 is 0. The van der Waals surface area contributed by atoms with Gasteiger partial charge in [0.1, 0.15) is 11.2 Å². The van der Waals surface area contributed by atoms with E-state index in [2.05, 4.69) is 17.1 Å². The molecule has 0 radical (unpaired) electrons. The predicted octanol–water partition coefficient (Wildman–Crippen LogP) is 3.66. The molecule has 16 heavy (non-hydrogen) atoms. The van der Waals surface area contributed by atoms with Gasteiger partial charge >= 0.3 is 0 Å². The first-order valence-electron chi connectivity index (χ1n) is 5.89. The zero-order chi connectivity index (χ0) is 11.4. The molecule has 1 aromatic rings. The van der Waals surface area contributed by atoms with Crippen molar-refractivity contribution in [1.82, 2.24) is 4.98 Å². The van der Waals surface area contributed by atoms with Gasteiger partial charge in [-0.05, 0) is 37.3 Å². The molecule has 84 valence electrons. The van der Waals surface area contributed by atoms with Crippen molar-refractivity contribution >= 4 is 11.6 Å².